The molecule has 92 valence electrons. The number of hydrogen-bond donors (Lipinski definition) is 0. The first-order valence-electron chi connectivity index (χ1n) is 5.46. The molecule has 0 bridgehead atoms. The molecular formula is C13H11ClN2O2. The molecule has 1 aromatic heterocycles. The van der Waals surface area contributed by atoms with E-state index in [2.05, 4.69) is 9.97 Å². The Morgan fingerprint density at radius 1 is 1.33 bits per heavy atom. The molecule has 4 nitrogen and oxygen atoms in total. The summed E-state index contributed by atoms with van der Waals surface area (Å²) in [6.07, 6.45) is 1.38. The van der Waals surface area contributed by atoms with Gasteiger partial charge in [0, 0.05) is 11.6 Å². The van der Waals surface area contributed by atoms with Gasteiger partial charge in [-0.15, -0.1) is 0 Å². The van der Waals surface area contributed by atoms with Crippen LogP contribution in [0.4, 0.5) is 0 Å². The van der Waals surface area contributed by atoms with Gasteiger partial charge in [0.15, 0.2) is 0 Å². The fraction of sp³-hybridized carbons (Fsp3) is 0.154. The van der Waals surface area contributed by atoms with E-state index in [1.54, 1.807) is 31.2 Å². The molecule has 0 unspecified atom stereocenters. The average molecular weight is 263 g/mol. The van der Waals surface area contributed by atoms with E-state index in [1.807, 2.05) is 6.07 Å². The maximum atomic E-state index is 11.6. The number of carbonyl (C=O) groups excluding carboxylic acids is 1. The van der Waals surface area contributed by atoms with Crippen molar-refractivity contribution in [1.29, 1.82) is 0 Å². The monoisotopic (exact) mass is 262 g/mol. The number of halogens is 1. The van der Waals surface area contributed by atoms with Crippen LogP contribution in [-0.2, 0) is 4.74 Å². The van der Waals surface area contributed by atoms with E-state index in [9.17, 15) is 4.79 Å². The van der Waals surface area contributed by atoms with Crippen molar-refractivity contribution in [3.63, 3.8) is 0 Å². The van der Waals surface area contributed by atoms with E-state index in [4.69, 9.17) is 16.3 Å². The Hall–Kier alpha value is -1.94. The quantitative estimate of drug-likeness (QED) is 0.630. The first-order valence-corrected chi connectivity index (χ1v) is 5.83. The lowest BCUT2D eigenvalue weighted by Crippen LogP contribution is -2.04. The third-order valence-corrected chi connectivity index (χ3v) is 2.51. The molecule has 1 aromatic carbocycles. The van der Waals surface area contributed by atoms with Crippen LogP contribution in [-0.4, -0.2) is 22.5 Å². The molecule has 0 amide bonds. The topological polar surface area (TPSA) is 52.1 Å². The molecule has 2 rings (SSSR count). The van der Waals surface area contributed by atoms with Crippen molar-refractivity contribution < 1.29 is 9.53 Å². The Balaban J connectivity index is 2.35. The lowest BCUT2D eigenvalue weighted by atomic mass is 10.1. The van der Waals surface area contributed by atoms with Crippen LogP contribution in [0.1, 0.15) is 17.3 Å². The summed E-state index contributed by atoms with van der Waals surface area (Å²) >= 11 is 5.80. The lowest BCUT2D eigenvalue weighted by molar-refractivity contribution is 0.0526. The number of rotatable bonds is 3. The van der Waals surface area contributed by atoms with E-state index >= 15 is 0 Å². The fourth-order valence-corrected chi connectivity index (χ4v) is 1.66. The molecule has 0 aliphatic carbocycles. The Labute approximate surface area is 110 Å². The summed E-state index contributed by atoms with van der Waals surface area (Å²) in [5, 5.41) is 0.363. The maximum Gasteiger partial charge on any atom is 0.338 e. The summed E-state index contributed by atoms with van der Waals surface area (Å²) in [6, 6.07) is 8.69. The van der Waals surface area contributed by atoms with Crippen molar-refractivity contribution in [3.05, 3.63) is 47.4 Å². The largest absolute Gasteiger partial charge is 0.462 e. The van der Waals surface area contributed by atoms with Gasteiger partial charge in [-0.3, -0.25) is 0 Å². The van der Waals surface area contributed by atoms with Gasteiger partial charge in [-0.2, -0.15) is 0 Å². The highest BCUT2D eigenvalue weighted by Crippen LogP contribution is 2.20. The zero-order chi connectivity index (χ0) is 13.0. The minimum Gasteiger partial charge on any atom is -0.462 e. The van der Waals surface area contributed by atoms with Gasteiger partial charge in [0.2, 0.25) is 0 Å². The minimum absolute atomic E-state index is 0.348. The second kappa shape index (κ2) is 5.60. The Morgan fingerprint density at radius 2 is 2.17 bits per heavy atom. The summed E-state index contributed by atoms with van der Waals surface area (Å²) in [5.41, 5.74) is 1.95. The zero-order valence-corrected chi connectivity index (χ0v) is 10.5. The number of aromatic nitrogens is 2. The molecule has 0 saturated carbocycles. The van der Waals surface area contributed by atoms with Crippen molar-refractivity contribution in [2.24, 2.45) is 0 Å². The van der Waals surface area contributed by atoms with Gasteiger partial charge in [0.05, 0.1) is 17.9 Å². The highest BCUT2D eigenvalue weighted by Gasteiger charge is 2.08. The van der Waals surface area contributed by atoms with Crippen LogP contribution < -0.4 is 0 Å². The third-order valence-electron chi connectivity index (χ3n) is 2.30. The Morgan fingerprint density at radius 3 is 2.89 bits per heavy atom. The van der Waals surface area contributed by atoms with Gasteiger partial charge in [-0.25, -0.2) is 14.8 Å². The van der Waals surface area contributed by atoms with Crippen molar-refractivity contribution >= 4 is 17.6 Å². The van der Waals surface area contributed by atoms with Crippen molar-refractivity contribution in [2.45, 2.75) is 6.92 Å². The minimum atomic E-state index is -0.348. The normalized spacial score (nSPS) is 10.1. The van der Waals surface area contributed by atoms with Gasteiger partial charge in [-0.05, 0) is 19.1 Å². The molecular weight excluding hydrogens is 252 g/mol. The Bertz CT molecular complexity index is 572. The third kappa shape index (κ3) is 2.84. The van der Waals surface area contributed by atoms with Crippen molar-refractivity contribution in [1.82, 2.24) is 9.97 Å². The number of hydrogen-bond acceptors (Lipinski definition) is 4. The fourth-order valence-electron chi connectivity index (χ4n) is 1.51. The molecule has 0 radical (unpaired) electrons. The maximum absolute atomic E-state index is 11.6. The smallest absolute Gasteiger partial charge is 0.338 e. The van der Waals surface area contributed by atoms with Crippen LogP contribution >= 0.6 is 11.6 Å². The summed E-state index contributed by atoms with van der Waals surface area (Å²) in [4.78, 5) is 19.5. The van der Waals surface area contributed by atoms with Gasteiger partial charge >= 0.3 is 5.97 Å². The number of benzene rings is 1. The lowest BCUT2D eigenvalue weighted by Gasteiger charge is -2.04. The number of nitrogens with zero attached hydrogens (tertiary/aromatic N) is 2. The van der Waals surface area contributed by atoms with Crippen LogP contribution in [0, 0.1) is 0 Å². The molecule has 2 aromatic rings. The van der Waals surface area contributed by atoms with E-state index in [0.717, 1.165) is 5.56 Å². The summed E-state index contributed by atoms with van der Waals surface area (Å²) in [5.74, 6) is -0.348. The first-order chi connectivity index (χ1) is 8.70. The molecule has 0 spiro atoms. The predicted octanol–water partition coefficient (Wildman–Crippen LogP) is 2.97. The van der Waals surface area contributed by atoms with Gasteiger partial charge in [-0.1, -0.05) is 23.7 Å². The van der Waals surface area contributed by atoms with Crippen LogP contribution in [0.25, 0.3) is 11.3 Å². The predicted molar refractivity (Wildman–Crippen MR) is 68.4 cm³/mol. The van der Waals surface area contributed by atoms with E-state index in [0.29, 0.717) is 23.0 Å². The summed E-state index contributed by atoms with van der Waals surface area (Å²) in [7, 11) is 0. The van der Waals surface area contributed by atoms with Gasteiger partial charge in [0.1, 0.15) is 11.5 Å². The van der Waals surface area contributed by atoms with Crippen molar-refractivity contribution in [2.75, 3.05) is 6.61 Å². The molecule has 0 aliphatic rings. The van der Waals surface area contributed by atoms with Crippen LogP contribution in [0.3, 0.4) is 0 Å². The summed E-state index contributed by atoms with van der Waals surface area (Å²) in [6.45, 7) is 2.12. The zero-order valence-electron chi connectivity index (χ0n) is 9.76. The second-order valence-corrected chi connectivity index (χ2v) is 3.91. The van der Waals surface area contributed by atoms with Crippen molar-refractivity contribution in [3.8, 4) is 11.3 Å². The van der Waals surface area contributed by atoms with E-state index < -0.39 is 0 Å². The molecule has 1 heterocycles. The average Bonchev–Trinajstić information content (AvgIpc) is 2.39. The Kier molecular flexibility index (Phi) is 3.89. The van der Waals surface area contributed by atoms with E-state index in [1.165, 1.54) is 6.33 Å². The molecule has 0 atom stereocenters. The molecule has 0 N–H and O–H groups in total. The molecule has 18 heavy (non-hydrogen) atoms. The highest BCUT2D eigenvalue weighted by atomic mass is 35.5. The standard InChI is InChI=1S/C13H11ClN2O2/c1-2-18-13(17)10-5-3-4-9(6-10)11-7-12(14)16-8-15-11/h3-8H,2H2,1H3. The molecule has 0 aliphatic heterocycles. The number of carbonyl (C=O) groups is 1. The number of ether oxygens (including phenoxy) is 1. The molecule has 0 fully saturated rings. The number of esters is 1. The van der Waals surface area contributed by atoms with Crippen LogP contribution in [0.5, 0.6) is 0 Å². The molecule has 0 saturated heterocycles. The molecule has 5 heteroatoms. The summed E-state index contributed by atoms with van der Waals surface area (Å²) < 4.78 is 4.94. The van der Waals surface area contributed by atoms with Crippen LogP contribution in [0.15, 0.2) is 36.7 Å². The van der Waals surface area contributed by atoms with Gasteiger partial charge < -0.3 is 4.74 Å². The highest BCUT2D eigenvalue weighted by molar-refractivity contribution is 6.29. The van der Waals surface area contributed by atoms with Gasteiger partial charge in [0.25, 0.3) is 0 Å². The second-order valence-electron chi connectivity index (χ2n) is 3.53. The van der Waals surface area contributed by atoms with E-state index in [-0.39, 0.29) is 5.97 Å². The SMILES string of the molecule is CCOC(=O)c1cccc(-c2cc(Cl)ncn2)c1. The first kappa shape index (κ1) is 12.5. The van der Waals surface area contributed by atoms with Crippen LogP contribution in [0.2, 0.25) is 5.15 Å².